The molecule has 1 aromatic carbocycles. The number of carbonyl (C=O) groups excluding carboxylic acids is 1. The van der Waals surface area contributed by atoms with Crippen molar-refractivity contribution in [3.05, 3.63) is 35.9 Å². The van der Waals surface area contributed by atoms with E-state index < -0.39 is 23.2 Å². The normalized spacial score (nSPS) is 10.4. The monoisotopic (exact) mass is 311 g/mol. The van der Waals surface area contributed by atoms with Gasteiger partial charge >= 0.3 is 0 Å². The van der Waals surface area contributed by atoms with Gasteiger partial charge in [0.1, 0.15) is 29.0 Å². The van der Waals surface area contributed by atoms with Crippen molar-refractivity contribution in [2.75, 3.05) is 22.5 Å². The second-order valence-electron chi connectivity index (χ2n) is 3.93. The van der Waals surface area contributed by atoms with E-state index in [1.54, 1.807) is 0 Å². The number of halogens is 2. The number of amides is 1. The number of carbonyl (C=O) groups is 1. The highest BCUT2D eigenvalue weighted by Crippen LogP contribution is 2.20. The van der Waals surface area contributed by atoms with Crippen LogP contribution in [-0.2, 0) is 4.79 Å². The largest absolute Gasteiger partial charge is 0.383 e. The van der Waals surface area contributed by atoms with Crippen LogP contribution in [0.5, 0.6) is 0 Å². The summed E-state index contributed by atoms with van der Waals surface area (Å²) in [5.74, 6) is -2.10. The minimum atomic E-state index is -0.849. The van der Waals surface area contributed by atoms with Crippen LogP contribution in [-0.4, -0.2) is 21.6 Å². The average Bonchev–Trinajstić information content (AvgIpc) is 2.40. The molecule has 0 aliphatic heterocycles. The van der Waals surface area contributed by atoms with Crippen LogP contribution in [0.1, 0.15) is 0 Å². The molecule has 2 rings (SSSR count). The van der Waals surface area contributed by atoms with Gasteiger partial charge in [0.15, 0.2) is 5.16 Å². The Balaban J connectivity index is 1.99. The summed E-state index contributed by atoms with van der Waals surface area (Å²) in [5, 5.41) is 2.36. The van der Waals surface area contributed by atoms with E-state index in [9.17, 15) is 13.6 Å². The number of nitrogens with one attached hydrogen (secondary N) is 1. The Kier molecular flexibility index (Phi) is 4.53. The van der Waals surface area contributed by atoms with Gasteiger partial charge in [0.05, 0.1) is 5.75 Å². The quantitative estimate of drug-likeness (QED) is 0.585. The lowest BCUT2D eigenvalue weighted by molar-refractivity contribution is -0.113. The number of para-hydroxylation sites is 1. The molecule has 0 radical (unpaired) electrons. The third-order valence-corrected chi connectivity index (χ3v) is 3.15. The second kappa shape index (κ2) is 6.35. The van der Waals surface area contributed by atoms with Gasteiger partial charge in [-0.2, -0.15) is 0 Å². The lowest BCUT2D eigenvalue weighted by Gasteiger charge is -2.07. The van der Waals surface area contributed by atoms with E-state index in [0.717, 1.165) is 23.9 Å². The third-order valence-electron chi connectivity index (χ3n) is 2.30. The predicted octanol–water partition coefficient (Wildman–Crippen LogP) is 1.65. The standard InChI is InChI=1S/C12H11F2N5OS/c13-6-2-1-3-7(14)11(6)19-10(20)5-21-12-17-8(15)4-9(16)18-12/h1-4H,5H2,(H,19,20)(H4,15,16,17,18). The summed E-state index contributed by atoms with van der Waals surface area (Å²) in [6, 6.07) is 4.68. The molecule has 110 valence electrons. The van der Waals surface area contributed by atoms with Crippen LogP contribution in [0.15, 0.2) is 29.4 Å². The molecule has 1 amide bonds. The van der Waals surface area contributed by atoms with Crippen LogP contribution in [0.4, 0.5) is 26.1 Å². The molecule has 0 aliphatic carbocycles. The molecule has 0 saturated carbocycles. The minimum Gasteiger partial charge on any atom is -0.383 e. The van der Waals surface area contributed by atoms with Crippen molar-refractivity contribution in [1.29, 1.82) is 0 Å². The third kappa shape index (κ3) is 4.02. The van der Waals surface area contributed by atoms with E-state index in [4.69, 9.17) is 11.5 Å². The summed E-state index contributed by atoms with van der Waals surface area (Å²) in [4.78, 5) is 19.4. The van der Waals surface area contributed by atoms with Crippen LogP contribution >= 0.6 is 11.8 Å². The Bertz CT molecular complexity index is 642. The van der Waals surface area contributed by atoms with Crippen LogP contribution in [0, 0.1) is 11.6 Å². The maximum Gasteiger partial charge on any atom is 0.235 e. The van der Waals surface area contributed by atoms with Gasteiger partial charge in [-0.1, -0.05) is 17.8 Å². The zero-order valence-electron chi connectivity index (χ0n) is 10.6. The highest BCUT2D eigenvalue weighted by molar-refractivity contribution is 7.99. The molecule has 0 atom stereocenters. The first-order chi connectivity index (χ1) is 9.95. The summed E-state index contributed by atoms with van der Waals surface area (Å²) < 4.78 is 26.7. The van der Waals surface area contributed by atoms with Crippen molar-refractivity contribution in [3.8, 4) is 0 Å². The number of nitrogens with zero attached hydrogens (tertiary/aromatic N) is 2. The molecule has 0 saturated heterocycles. The number of thioether (sulfide) groups is 1. The molecule has 0 aliphatic rings. The Morgan fingerprint density at radius 3 is 2.33 bits per heavy atom. The fraction of sp³-hybridized carbons (Fsp3) is 0.0833. The minimum absolute atomic E-state index is 0.142. The van der Waals surface area contributed by atoms with E-state index in [-0.39, 0.29) is 22.5 Å². The van der Waals surface area contributed by atoms with Gasteiger partial charge in [0, 0.05) is 6.07 Å². The lowest BCUT2D eigenvalue weighted by atomic mass is 10.3. The average molecular weight is 311 g/mol. The van der Waals surface area contributed by atoms with E-state index in [2.05, 4.69) is 15.3 Å². The number of hydrogen-bond acceptors (Lipinski definition) is 6. The maximum atomic E-state index is 13.4. The van der Waals surface area contributed by atoms with Crippen molar-refractivity contribution < 1.29 is 13.6 Å². The fourth-order valence-electron chi connectivity index (χ4n) is 1.45. The number of anilines is 3. The topological polar surface area (TPSA) is 107 Å². The van der Waals surface area contributed by atoms with Gasteiger partial charge in [-0.05, 0) is 12.1 Å². The first-order valence-electron chi connectivity index (χ1n) is 5.72. The Morgan fingerprint density at radius 1 is 1.19 bits per heavy atom. The van der Waals surface area contributed by atoms with Crippen LogP contribution in [0.25, 0.3) is 0 Å². The number of hydrogen-bond donors (Lipinski definition) is 3. The maximum absolute atomic E-state index is 13.4. The Morgan fingerprint density at radius 2 is 1.76 bits per heavy atom. The number of benzene rings is 1. The molecular weight excluding hydrogens is 300 g/mol. The highest BCUT2D eigenvalue weighted by Gasteiger charge is 2.13. The van der Waals surface area contributed by atoms with Crippen molar-refractivity contribution in [2.24, 2.45) is 0 Å². The molecule has 0 fully saturated rings. The van der Waals surface area contributed by atoms with Crippen molar-refractivity contribution in [1.82, 2.24) is 9.97 Å². The molecular formula is C12H11F2N5OS. The van der Waals surface area contributed by atoms with Crippen LogP contribution < -0.4 is 16.8 Å². The van der Waals surface area contributed by atoms with Gasteiger partial charge in [-0.25, -0.2) is 18.7 Å². The SMILES string of the molecule is Nc1cc(N)nc(SCC(=O)Nc2c(F)cccc2F)n1. The first kappa shape index (κ1) is 15.0. The lowest BCUT2D eigenvalue weighted by Crippen LogP contribution is -2.16. The molecule has 1 aromatic heterocycles. The fourth-order valence-corrected chi connectivity index (χ4v) is 2.12. The second-order valence-corrected chi connectivity index (χ2v) is 4.88. The Labute approximate surface area is 123 Å². The number of nitrogens with two attached hydrogens (primary N) is 2. The molecule has 21 heavy (non-hydrogen) atoms. The van der Waals surface area contributed by atoms with Gasteiger partial charge in [-0.15, -0.1) is 0 Å². The van der Waals surface area contributed by atoms with Crippen molar-refractivity contribution in [2.45, 2.75) is 5.16 Å². The predicted molar refractivity (Wildman–Crippen MR) is 76.6 cm³/mol. The van der Waals surface area contributed by atoms with Gasteiger partial charge in [0.25, 0.3) is 0 Å². The molecule has 0 bridgehead atoms. The number of nitrogen functional groups attached to an aromatic ring is 2. The number of rotatable bonds is 4. The van der Waals surface area contributed by atoms with Crippen LogP contribution in [0.3, 0.4) is 0 Å². The zero-order valence-corrected chi connectivity index (χ0v) is 11.5. The van der Waals surface area contributed by atoms with E-state index >= 15 is 0 Å². The Hall–Kier alpha value is -2.42. The zero-order chi connectivity index (χ0) is 15.4. The summed E-state index contributed by atoms with van der Waals surface area (Å²) in [6.07, 6.45) is 0. The van der Waals surface area contributed by atoms with E-state index in [0.29, 0.717) is 0 Å². The molecule has 9 heteroatoms. The van der Waals surface area contributed by atoms with E-state index in [1.165, 1.54) is 12.1 Å². The van der Waals surface area contributed by atoms with E-state index in [1.807, 2.05) is 0 Å². The summed E-state index contributed by atoms with van der Waals surface area (Å²) >= 11 is 0.949. The smallest absolute Gasteiger partial charge is 0.235 e. The molecule has 6 nitrogen and oxygen atoms in total. The summed E-state index contributed by atoms with van der Waals surface area (Å²) in [5.41, 5.74) is 10.5. The van der Waals surface area contributed by atoms with Crippen LogP contribution in [0.2, 0.25) is 0 Å². The van der Waals surface area contributed by atoms with Gasteiger partial charge in [-0.3, -0.25) is 4.79 Å². The molecule has 2 aromatic rings. The highest BCUT2D eigenvalue weighted by atomic mass is 32.2. The molecule has 0 unspecified atom stereocenters. The van der Waals surface area contributed by atoms with Gasteiger partial charge in [0.2, 0.25) is 5.91 Å². The van der Waals surface area contributed by atoms with Gasteiger partial charge < -0.3 is 16.8 Å². The molecule has 5 N–H and O–H groups in total. The molecule has 0 spiro atoms. The summed E-state index contributed by atoms with van der Waals surface area (Å²) in [6.45, 7) is 0. The summed E-state index contributed by atoms with van der Waals surface area (Å²) in [7, 11) is 0. The van der Waals surface area contributed by atoms with Crippen molar-refractivity contribution >= 4 is 35.0 Å². The van der Waals surface area contributed by atoms with Crippen molar-refractivity contribution in [3.63, 3.8) is 0 Å². The molecule has 1 heterocycles. The first-order valence-corrected chi connectivity index (χ1v) is 6.71. The number of aromatic nitrogens is 2.